The molecule has 0 aromatic heterocycles. The van der Waals surface area contributed by atoms with Gasteiger partial charge in [-0.2, -0.15) is 0 Å². The van der Waals surface area contributed by atoms with Crippen molar-refractivity contribution in [2.45, 2.75) is 50.8 Å². The molecule has 32 unspecified atom stereocenters. The lowest BCUT2D eigenvalue weighted by atomic mass is 9.42. The van der Waals surface area contributed by atoms with E-state index in [1.165, 1.54) is 38.5 Å². The van der Waals surface area contributed by atoms with Gasteiger partial charge in [0.25, 0.3) is 6.47 Å². The summed E-state index contributed by atoms with van der Waals surface area (Å²) in [6.07, 6.45) is 18.0. The van der Waals surface area contributed by atoms with E-state index >= 15 is 0 Å². The average molecular weight is 714 g/mol. The van der Waals surface area contributed by atoms with Gasteiger partial charge in [0, 0.05) is 5.41 Å². The molecule has 15 fully saturated rings. The summed E-state index contributed by atoms with van der Waals surface area (Å²) >= 11 is 0. The van der Waals surface area contributed by atoms with E-state index in [4.69, 9.17) is 4.74 Å². The zero-order valence-electron chi connectivity index (χ0n) is 30.1. The molecule has 16 aliphatic carbocycles. The first-order chi connectivity index (χ1) is 26.0. The molecule has 7 nitrogen and oxygen atoms in total. The van der Waals surface area contributed by atoms with E-state index in [1.807, 2.05) is 0 Å². The second kappa shape index (κ2) is 8.01. The summed E-state index contributed by atoms with van der Waals surface area (Å²) in [5.41, 5.74) is -1.46. The molecule has 17 rings (SSSR count). The van der Waals surface area contributed by atoms with Gasteiger partial charge in [-0.1, -0.05) is 24.3 Å². The topological polar surface area (TPSA) is 104 Å². The van der Waals surface area contributed by atoms with Gasteiger partial charge in [-0.25, -0.2) is 4.90 Å². The molecular formula is C46H51NO6. The number of hydrogen-bond acceptors (Lipinski definition) is 5. The van der Waals surface area contributed by atoms with Crippen LogP contribution < -0.4 is 0 Å². The minimum absolute atomic E-state index is 0.234. The zero-order valence-corrected chi connectivity index (χ0v) is 30.1. The van der Waals surface area contributed by atoms with Gasteiger partial charge in [-0.15, -0.1) is 0 Å². The second-order valence-electron chi connectivity index (χ2n) is 23.3. The smallest absolute Gasteiger partial charge is 0.322 e. The molecule has 0 aromatic carbocycles. The third-order valence-electron chi connectivity index (χ3n) is 24.7. The SMILES string of the molecule is O=COC1N(CC(=O)O)C(C(=O)O)C23C=CC4C5CCC6C7CCC8C9CCC%10C%11C=CC12C1C%11C2C%10C9C9C8C7C7C6C5C5C6C7C9C2C6C1C3C45. The largest absolute Gasteiger partial charge is 0.480 e. The Balaban J connectivity index is 1.02. The highest BCUT2D eigenvalue weighted by Gasteiger charge is 2.94. The Hall–Kier alpha value is -2.15. The number of hydrogen-bond donors (Lipinski definition) is 2. The molecule has 0 aromatic rings. The number of likely N-dealkylation sites (tertiary alicyclic amines) is 1. The van der Waals surface area contributed by atoms with Crippen molar-refractivity contribution in [1.82, 2.24) is 4.90 Å². The molecule has 2 spiro atoms. The van der Waals surface area contributed by atoms with Crippen molar-refractivity contribution >= 4 is 18.4 Å². The molecule has 2 N–H and O–H groups in total. The molecule has 32 atom stereocenters. The van der Waals surface area contributed by atoms with Crippen molar-refractivity contribution < 1.29 is 29.3 Å². The van der Waals surface area contributed by atoms with Gasteiger partial charge in [0.1, 0.15) is 12.6 Å². The molecular weight excluding hydrogens is 663 g/mol. The highest BCUT2D eigenvalue weighted by Crippen LogP contribution is 2.95. The Labute approximate surface area is 310 Å². The summed E-state index contributed by atoms with van der Waals surface area (Å²) in [6.45, 7) is 0.139. The van der Waals surface area contributed by atoms with Crippen LogP contribution in [0.3, 0.4) is 0 Å². The van der Waals surface area contributed by atoms with Gasteiger partial charge in [-0.3, -0.25) is 14.4 Å². The lowest BCUT2D eigenvalue weighted by Crippen LogP contribution is -2.61. The predicted octanol–water partition coefficient (Wildman–Crippen LogP) is 5.24. The number of carbonyl (C=O) groups excluding carboxylic acids is 1. The summed E-state index contributed by atoms with van der Waals surface area (Å²) in [6, 6.07) is -1.00. The van der Waals surface area contributed by atoms with Crippen LogP contribution in [0.5, 0.6) is 0 Å². The summed E-state index contributed by atoms with van der Waals surface area (Å²) < 4.78 is 6.33. The summed E-state index contributed by atoms with van der Waals surface area (Å²) in [7, 11) is 0. The van der Waals surface area contributed by atoms with Crippen LogP contribution >= 0.6 is 0 Å². The number of allylic oxidation sites excluding steroid dienone is 2. The van der Waals surface area contributed by atoms with Crippen molar-refractivity contribution in [3.63, 3.8) is 0 Å². The maximum atomic E-state index is 14.2. The summed E-state index contributed by atoms with van der Waals surface area (Å²) in [5, 5.41) is 22.0. The molecule has 0 bridgehead atoms. The van der Waals surface area contributed by atoms with Crippen LogP contribution in [0.4, 0.5) is 0 Å². The Morgan fingerprint density at radius 3 is 1.43 bits per heavy atom. The van der Waals surface area contributed by atoms with Gasteiger partial charge in [0.05, 0.1) is 5.41 Å². The van der Waals surface area contributed by atoms with E-state index < -0.39 is 41.6 Å². The van der Waals surface area contributed by atoms with Crippen LogP contribution in [-0.2, 0) is 19.1 Å². The molecule has 53 heavy (non-hydrogen) atoms. The standard InChI is InChI=1S/C46H51NO6/c48-12-53-44-46-10-8-20-18-6-4-16-14-2-1-13-15-3-5-17-19-7-9-45(46,42(43(51)52)47(44)11-21(49)50)40-28(19)32-26(17)24(15)30-22(13)23(14)31-25(16)27(18)33-29(20)41(46)39(40)38-36(32)34(30)35(31)37(33)38/h7-10,12-20,22-42,44H,1-6,11H2,(H,49,50)(H,51,52). The minimum atomic E-state index is -1.03. The van der Waals surface area contributed by atoms with E-state index in [2.05, 4.69) is 24.3 Å². The molecule has 0 amide bonds. The maximum Gasteiger partial charge on any atom is 0.322 e. The van der Waals surface area contributed by atoms with Crippen LogP contribution in [0.1, 0.15) is 38.5 Å². The molecule has 14 saturated carbocycles. The number of carbonyl (C=O) groups is 3. The Morgan fingerprint density at radius 1 is 0.566 bits per heavy atom. The van der Waals surface area contributed by atoms with Gasteiger partial charge in [-0.05, 0) is 204 Å². The first-order valence-electron chi connectivity index (χ1n) is 22.6. The second-order valence-corrected chi connectivity index (χ2v) is 23.3. The number of ether oxygens (including phenoxy) is 1. The lowest BCUT2D eigenvalue weighted by Gasteiger charge is -2.62. The van der Waals surface area contributed by atoms with Crippen molar-refractivity contribution in [3.8, 4) is 0 Å². The predicted molar refractivity (Wildman–Crippen MR) is 185 cm³/mol. The number of carboxylic acids is 2. The normalized spacial score (nSPS) is 74.7. The average Bonchev–Trinajstić information content (AvgIpc) is 3.98. The monoisotopic (exact) mass is 713 g/mol. The first kappa shape index (κ1) is 28.3. The number of nitrogens with zero attached hydrogens (tertiary/aromatic N) is 1. The fraction of sp³-hybridized carbons (Fsp3) is 0.848. The van der Waals surface area contributed by atoms with E-state index in [0.717, 1.165) is 112 Å². The number of aliphatic carboxylic acids is 2. The molecule has 1 aliphatic heterocycles. The molecule has 0 radical (unpaired) electrons. The highest BCUT2D eigenvalue weighted by atomic mass is 16.5. The summed E-state index contributed by atoms with van der Waals surface area (Å²) in [5.74, 6) is 19.5. The Bertz CT molecular complexity index is 1960. The van der Waals surface area contributed by atoms with Gasteiger partial charge >= 0.3 is 11.9 Å². The zero-order chi connectivity index (χ0) is 34.2. The van der Waals surface area contributed by atoms with Crippen molar-refractivity contribution in [2.75, 3.05) is 6.54 Å². The van der Waals surface area contributed by atoms with E-state index in [1.54, 1.807) is 4.90 Å². The third kappa shape index (κ3) is 2.26. The molecule has 1 heterocycles. The number of fused-ring (bicyclic) bond motifs is 4. The highest BCUT2D eigenvalue weighted by molar-refractivity contribution is 5.79. The van der Waals surface area contributed by atoms with Gasteiger partial charge in [0.15, 0.2) is 6.23 Å². The fourth-order valence-corrected chi connectivity index (χ4v) is 26.4. The third-order valence-corrected chi connectivity index (χ3v) is 24.7. The molecule has 276 valence electrons. The quantitative estimate of drug-likeness (QED) is 0.297. The fourth-order valence-electron chi connectivity index (χ4n) is 26.4. The first-order valence-corrected chi connectivity index (χ1v) is 22.6. The molecule has 1 saturated heterocycles. The summed E-state index contributed by atoms with van der Waals surface area (Å²) in [4.78, 5) is 41.3. The van der Waals surface area contributed by atoms with E-state index in [0.29, 0.717) is 47.9 Å². The van der Waals surface area contributed by atoms with Crippen LogP contribution in [0.25, 0.3) is 0 Å². The number of rotatable bonds is 5. The van der Waals surface area contributed by atoms with Crippen LogP contribution in [0.15, 0.2) is 24.3 Å². The van der Waals surface area contributed by atoms with Crippen molar-refractivity contribution in [2.24, 2.45) is 177 Å². The van der Waals surface area contributed by atoms with Gasteiger partial charge < -0.3 is 14.9 Å². The Kier molecular flexibility index (Phi) is 4.27. The van der Waals surface area contributed by atoms with Crippen molar-refractivity contribution in [3.05, 3.63) is 24.3 Å². The van der Waals surface area contributed by atoms with E-state index in [-0.39, 0.29) is 11.8 Å². The Morgan fingerprint density at radius 2 is 0.962 bits per heavy atom. The number of carboxylic acid groups (broad SMARTS) is 2. The maximum absolute atomic E-state index is 14.2. The van der Waals surface area contributed by atoms with Crippen molar-refractivity contribution in [1.29, 1.82) is 0 Å². The van der Waals surface area contributed by atoms with Gasteiger partial charge in [0.2, 0.25) is 0 Å². The van der Waals surface area contributed by atoms with Crippen LogP contribution in [0, 0.1) is 177 Å². The molecule has 7 heteroatoms. The molecule has 17 aliphatic rings. The van der Waals surface area contributed by atoms with Crippen LogP contribution in [0.2, 0.25) is 0 Å². The van der Waals surface area contributed by atoms with Crippen LogP contribution in [-0.4, -0.2) is 52.3 Å². The lowest BCUT2D eigenvalue weighted by molar-refractivity contribution is -0.182. The minimum Gasteiger partial charge on any atom is -0.480 e. The van der Waals surface area contributed by atoms with E-state index in [9.17, 15) is 24.6 Å².